The van der Waals surface area contributed by atoms with Gasteiger partial charge in [0.2, 0.25) is 6.54 Å². The van der Waals surface area contributed by atoms with Crippen molar-refractivity contribution in [1.29, 1.82) is 0 Å². The maximum absolute atomic E-state index is 6.72. The van der Waals surface area contributed by atoms with Crippen molar-refractivity contribution in [1.82, 2.24) is 0 Å². The summed E-state index contributed by atoms with van der Waals surface area (Å²) in [5.74, 6) is 0.845. The summed E-state index contributed by atoms with van der Waals surface area (Å²) in [7, 11) is 1.64. The summed E-state index contributed by atoms with van der Waals surface area (Å²) in [4.78, 5) is 3.32. The Labute approximate surface area is 86.5 Å². The summed E-state index contributed by atoms with van der Waals surface area (Å²) in [5, 5.41) is 0. The fourth-order valence-electron chi connectivity index (χ4n) is 1.14. The van der Waals surface area contributed by atoms with Crippen LogP contribution in [-0.2, 0) is 6.42 Å². The second kappa shape index (κ2) is 4.88. The van der Waals surface area contributed by atoms with E-state index in [0.717, 1.165) is 22.2 Å². The molecule has 1 rings (SSSR count). The average molecular weight is 240 g/mol. The Bertz CT molecular complexity index is 330. The third kappa shape index (κ3) is 2.46. The lowest BCUT2D eigenvalue weighted by atomic mass is 10.1. The van der Waals surface area contributed by atoms with E-state index in [4.69, 9.17) is 11.3 Å². The molecule has 0 radical (unpaired) electrons. The van der Waals surface area contributed by atoms with Crippen LogP contribution in [0.5, 0.6) is 5.75 Å². The molecular formula is C10H10BrNO. The Balaban J connectivity index is 2.95. The van der Waals surface area contributed by atoms with Crippen LogP contribution in [0, 0.1) is 6.57 Å². The van der Waals surface area contributed by atoms with Gasteiger partial charge >= 0.3 is 0 Å². The normalized spacial score (nSPS) is 9.31. The quantitative estimate of drug-likeness (QED) is 0.740. The van der Waals surface area contributed by atoms with Gasteiger partial charge in [-0.3, -0.25) is 0 Å². The zero-order valence-corrected chi connectivity index (χ0v) is 8.97. The van der Waals surface area contributed by atoms with Crippen LogP contribution in [0.15, 0.2) is 22.7 Å². The molecule has 1 aromatic rings. The molecule has 0 bridgehead atoms. The first-order valence-corrected chi connectivity index (χ1v) is 4.73. The van der Waals surface area contributed by atoms with Crippen molar-refractivity contribution in [3.63, 3.8) is 0 Å². The van der Waals surface area contributed by atoms with E-state index in [1.807, 2.05) is 18.2 Å². The number of ether oxygens (including phenoxy) is 1. The summed E-state index contributed by atoms with van der Waals surface area (Å²) in [6.45, 7) is 7.22. The van der Waals surface area contributed by atoms with Crippen molar-refractivity contribution in [2.75, 3.05) is 13.7 Å². The first kappa shape index (κ1) is 10.1. The molecule has 68 valence electrons. The third-order valence-electron chi connectivity index (χ3n) is 1.77. The van der Waals surface area contributed by atoms with Gasteiger partial charge in [0.1, 0.15) is 5.75 Å². The number of hydrogen-bond acceptors (Lipinski definition) is 1. The molecule has 0 aliphatic heterocycles. The Morgan fingerprint density at radius 3 is 2.92 bits per heavy atom. The Kier molecular flexibility index (Phi) is 3.78. The standard InChI is InChI=1S/C10H10BrNO/c1-12-7-6-8-9(11)4-3-5-10(8)13-2/h3-5H,6-7H2,2H3. The fourth-order valence-corrected chi connectivity index (χ4v) is 1.69. The van der Waals surface area contributed by atoms with Gasteiger partial charge in [-0.05, 0) is 12.1 Å². The van der Waals surface area contributed by atoms with E-state index in [-0.39, 0.29) is 0 Å². The Morgan fingerprint density at radius 2 is 2.31 bits per heavy atom. The molecule has 0 aromatic heterocycles. The molecule has 3 heteroatoms. The summed E-state index contributed by atoms with van der Waals surface area (Å²) >= 11 is 3.44. The van der Waals surface area contributed by atoms with E-state index in [2.05, 4.69) is 20.8 Å². The fraction of sp³-hybridized carbons (Fsp3) is 0.300. The molecule has 0 atom stereocenters. The molecule has 0 fully saturated rings. The predicted octanol–water partition coefficient (Wildman–Crippen LogP) is 2.92. The van der Waals surface area contributed by atoms with E-state index in [0.29, 0.717) is 6.54 Å². The predicted molar refractivity (Wildman–Crippen MR) is 55.9 cm³/mol. The maximum Gasteiger partial charge on any atom is 0.218 e. The monoisotopic (exact) mass is 239 g/mol. The minimum atomic E-state index is 0.499. The Morgan fingerprint density at radius 1 is 1.54 bits per heavy atom. The molecular weight excluding hydrogens is 230 g/mol. The molecule has 0 N–H and O–H groups in total. The summed E-state index contributed by atoms with van der Waals surface area (Å²) in [5.41, 5.74) is 1.07. The molecule has 0 saturated heterocycles. The highest BCUT2D eigenvalue weighted by Gasteiger charge is 2.07. The van der Waals surface area contributed by atoms with Crippen LogP contribution >= 0.6 is 15.9 Å². The largest absolute Gasteiger partial charge is 0.496 e. The minimum Gasteiger partial charge on any atom is -0.496 e. The number of methoxy groups -OCH3 is 1. The minimum absolute atomic E-state index is 0.499. The summed E-state index contributed by atoms with van der Waals surface area (Å²) in [6.07, 6.45) is 0.730. The molecule has 0 aliphatic rings. The molecule has 0 aliphatic carbocycles. The van der Waals surface area contributed by atoms with Crippen LogP contribution in [0.3, 0.4) is 0 Å². The zero-order chi connectivity index (χ0) is 9.68. The molecule has 1 aromatic carbocycles. The highest BCUT2D eigenvalue weighted by Crippen LogP contribution is 2.26. The van der Waals surface area contributed by atoms with Crippen LogP contribution in [0.4, 0.5) is 0 Å². The van der Waals surface area contributed by atoms with Gasteiger partial charge in [-0.25, -0.2) is 6.57 Å². The van der Waals surface area contributed by atoms with Gasteiger partial charge in [0.25, 0.3) is 0 Å². The number of rotatable bonds is 3. The molecule has 0 unspecified atom stereocenters. The Hall–Kier alpha value is -1.01. The van der Waals surface area contributed by atoms with Gasteiger partial charge in [0, 0.05) is 16.5 Å². The van der Waals surface area contributed by atoms with Gasteiger partial charge in [0.15, 0.2) is 0 Å². The lowest BCUT2D eigenvalue weighted by molar-refractivity contribution is 0.409. The van der Waals surface area contributed by atoms with Gasteiger partial charge in [-0.15, -0.1) is 0 Å². The van der Waals surface area contributed by atoms with Crippen molar-refractivity contribution < 1.29 is 4.74 Å². The molecule has 0 spiro atoms. The van der Waals surface area contributed by atoms with Crippen LogP contribution in [0.25, 0.3) is 4.85 Å². The van der Waals surface area contributed by atoms with Crippen molar-refractivity contribution in [2.45, 2.75) is 6.42 Å². The van der Waals surface area contributed by atoms with Crippen molar-refractivity contribution in [3.05, 3.63) is 39.7 Å². The van der Waals surface area contributed by atoms with Gasteiger partial charge in [0.05, 0.1) is 7.11 Å². The number of nitrogens with zero attached hydrogens (tertiary/aromatic N) is 1. The second-order valence-corrected chi connectivity index (χ2v) is 3.41. The third-order valence-corrected chi connectivity index (χ3v) is 2.51. The molecule has 0 amide bonds. The topological polar surface area (TPSA) is 13.6 Å². The highest BCUT2D eigenvalue weighted by atomic mass is 79.9. The lowest BCUT2D eigenvalue weighted by Gasteiger charge is -2.07. The van der Waals surface area contributed by atoms with Crippen molar-refractivity contribution in [3.8, 4) is 5.75 Å². The second-order valence-electron chi connectivity index (χ2n) is 2.55. The van der Waals surface area contributed by atoms with E-state index in [9.17, 15) is 0 Å². The first-order valence-electron chi connectivity index (χ1n) is 3.94. The molecule has 13 heavy (non-hydrogen) atoms. The molecule has 2 nitrogen and oxygen atoms in total. The number of hydrogen-bond donors (Lipinski definition) is 0. The summed E-state index contributed by atoms with van der Waals surface area (Å²) in [6, 6.07) is 5.79. The number of halogens is 1. The molecule has 0 heterocycles. The van der Waals surface area contributed by atoms with E-state index >= 15 is 0 Å². The van der Waals surface area contributed by atoms with Gasteiger partial charge in [-0.1, -0.05) is 22.0 Å². The van der Waals surface area contributed by atoms with Crippen LogP contribution in [0.1, 0.15) is 5.56 Å². The van der Waals surface area contributed by atoms with Gasteiger partial charge in [-0.2, -0.15) is 0 Å². The lowest BCUT2D eigenvalue weighted by Crippen LogP contribution is -1.94. The van der Waals surface area contributed by atoms with Crippen LogP contribution < -0.4 is 4.74 Å². The number of benzene rings is 1. The van der Waals surface area contributed by atoms with Crippen molar-refractivity contribution >= 4 is 15.9 Å². The SMILES string of the molecule is [C-]#[N+]CCc1c(Br)cccc1OC. The highest BCUT2D eigenvalue weighted by molar-refractivity contribution is 9.10. The van der Waals surface area contributed by atoms with E-state index in [1.54, 1.807) is 7.11 Å². The smallest absolute Gasteiger partial charge is 0.218 e. The van der Waals surface area contributed by atoms with Crippen LogP contribution in [0.2, 0.25) is 0 Å². The van der Waals surface area contributed by atoms with Crippen molar-refractivity contribution in [2.24, 2.45) is 0 Å². The van der Waals surface area contributed by atoms with Crippen LogP contribution in [-0.4, -0.2) is 13.7 Å². The first-order chi connectivity index (χ1) is 6.29. The van der Waals surface area contributed by atoms with E-state index in [1.165, 1.54) is 0 Å². The zero-order valence-electron chi connectivity index (χ0n) is 7.38. The maximum atomic E-state index is 6.72. The van der Waals surface area contributed by atoms with E-state index < -0.39 is 0 Å². The average Bonchev–Trinajstić information content (AvgIpc) is 2.15. The summed E-state index contributed by atoms with van der Waals surface area (Å²) < 4.78 is 6.20. The van der Waals surface area contributed by atoms with Gasteiger partial charge < -0.3 is 9.58 Å². The molecule has 0 saturated carbocycles.